The van der Waals surface area contributed by atoms with Crippen molar-refractivity contribution >= 4 is 16.6 Å². The van der Waals surface area contributed by atoms with E-state index in [9.17, 15) is 4.79 Å². The van der Waals surface area contributed by atoms with E-state index < -0.39 is 0 Å². The lowest BCUT2D eigenvalue weighted by Crippen LogP contribution is -2.21. The minimum absolute atomic E-state index is 0.0739. The Bertz CT molecular complexity index is 1320. The van der Waals surface area contributed by atoms with Crippen molar-refractivity contribution in [2.45, 2.75) is 6.54 Å². The maximum atomic E-state index is 12.6. The summed E-state index contributed by atoms with van der Waals surface area (Å²) in [5.41, 5.74) is 4.93. The van der Waals surface area contributed by atoms with Gasteiger partial charge in [0, 0.05) is 24.1 Å². The average molecular weight is 352 g/mol. The van der Waals surface area contributed by atoms with E-state index in [2.05, 4.69) is 63.0 Å². The second-order valence-corrected chi connectivity index (χ2v) is 6.51. The summed E-state index contributed by atoms with van der Waals surface area (Å²) in [7, 11) is 0. The van der Waals surface area contributed by atoms with Crippen molar-refractivity contribution in [1.82, 2.24) is 18.9 Å². The molecule has 130 valence electrons. The summed E-state index contributed by atoms with van der Waals surface area (Å²) in [5.74, 6) is 0. The van der Waals surface area contributed by atoms with Gasteiger partial charge < -0.3 is 4.40 Å². The van der Waals surface area contributed by atoms with Crippen LogP contribution in [0.15, 0.2) is 90.4 Å². The van der Waals surface area contributed by atoms with E-state index >= 15 is 0 Å². The van der Waals surface area contributed by atoms with Gasteiger partial charge >= 0.3 is 0 Å². The first-order valence-corrected chi connectivity index (χ1v) is 8.74. The number of nitrogens with zero attached hydrogens (tertiary/aromatic N) is 4. The summed E-state index contributed by atoms with van der Waals surface area (Å²) < 4.78 is 3.72. The maximum absolute atomic E-state index is 12.6. The number of aromatic nitrogens is 4. The van der Waals surface area contributed by atoms with Gasteiger partial charge in [0.05, 0.1) is 11.9 Å². The Balaban J connectivity index is 1.45. The Kier molecular flexibility index (Phi) is 3.57. The van der Waals surface area contributed by atoms with Gasteiger partial charge in [-0.05, 0) is 47.0 Å². The summed E-state index contributed by atoms with van der Waals surface area (Å²) in [6.07, 6.45) is 7.37. The second-order valence-electron chi connectivity index (χ2n) is 6.51. The topological polar surface area (TPSA) is 52.2 Å². The fourth-order valence-electron chi connectivity index (χ4n) is 3.31. The fourth-order valence-corrected chi connectivity index (χ4v) is 3.31. The van der Waals surface area contributed by atoms with E-state index in [1.165, 1.54) is 5.52 Å². The predicted molar refractivity (Wildman–Crippen MR) is 106 cm³/mol. The van der Waals surface area contributed by atoms with Crippen molar-refractivity contribution in [3.05, 3.63) is 101 Å². The predicted octanol–water partition coefficient (Wildman–Crippen LogP) is 3.76. The van der Waals surface area contributed by atoms with Crippen molar-refractivity contribution in [3.8, 4) is 11.1 Å². The SMILES string of the molecule is O=c1c2cccnc2ncn1Cc1ccc(-c2ccc3cccn3c2)cc1. The Morgan fingerprint density at radius 2 is 1.70 bits per heavy atom. The molecule has 0 aliphatic rings. The third-order valence-electron chi connectivity index (χ3n) is 4.76. The third kappa shape index (κ3) is 2.79. The molecule has 0 atom stereocenters. The Morgan fingerprint density at radius 3 is 2.59 bits per heavy atom. The molecule has 0 amide bonds. The van der Waals surface area contributed by atoms with Crippen molar-refractivity contribution in [2.75, 3.05) is 0 Å². The first-order chi connectivity index (χ1) is 13.3. The van der Waals surface area contributed by atoms with E-state index in [-0.39, 0.29) is 5.56 Å². The number of rotatable bonds is 3. The van der Waals surface area contributed by atoms with Crippen LogP contribution in [0.25, 0.3) is 27.7 Å². The zero-order chi connectivity index (χ0) is 18.2. The summed E-state index contributed by atoms with van der Waals surface area (Å²) in [5, 5.41) is 0.539. The molecule has 0 unspecified atom stereocenters. The number of fused-ring (bicyclic) bond motifs is 2. The van der Waals surface area contributed by atoms with Gasteiger partial charge in [-0.2, -0.15) is 0 Å². The van der Waals surface area contributed by atoms with E-state index in [1.54, 1.807) is 29.2 Å². The van der Waals surface area contributed by atoms with Crippen molar-refractivity contribution in [1.29, 1.82) is 0 Å². The molecular formula is C22H16N4O. The monoisotopic (exact) mass is 352 g/mol. The van der Waals surface area contributed by atoms with Gasteiger partial charge in [-0.3, -0.25) is 9.36 Å². The van der Waals surface area contributed by atoms with Crippen LogP contribution in [0, 0.1) is 0 Å². The van der Waals surface area contributed by atoms with Crippen molar-refractivity contribution in [3.63, 3.8) is 0 Å². The first-order valence-electron chi connectivity index (χ1n) is 8.74. The maximum Gasteiger partial charge on any atom is 0.263 e. The summed E-state index contributed by atoms with van der Waals surface area (Å²) in [4.78, 5) is 21.0. The number of hydrogen-bond acceptors (Lipinski definition) is 3. The lowest BCUT2D eigenvalue weighted by atomic mass is 10.1. The molecule has 0 bridgehead atoms. The van der Waals surface area contributed by atoms with Crippen LogP contribution in [0.2, 0.25) is 0 Å². The molecule has 1 aromatic carbocycles. The molecule has 0 saturated heterocycles. The molecule has 0 N–H and O–H groups in total. The van der Waals surface area contributed by atoms with Crippen LogP contribution in [-0.2, 0) is 6.54 Å². The first kappa shape index (κ1) is 15.5. The van der Waals surface area contributed by atoms with E-state index in [1.807, 2.05) is 12.3 Å². The molecule has 27 heavy (non-hydrogen) atoms. The van der Waals surface area contributed by atoms with E-state index in [4.69, 9.17) is 0 Å². The largest absolute Gasteiger partial charge is 0.323 e. The molecule has 0 saturated carbocycles. The molecule has 5 rings (SSSR count). The standard InChI is InChI=1S/C22H16N4O/c27-22-20-4-1-11-23-21(20)24-15-26(22)13-16-5-7-17(8-6-16)18-9-10-19-3-2-12-25(19)14-18/h1-12,14-15H,13H2. The molecule has 4 aromatic heterocycles. The van der Waals surface area contributed by atoms with Crippen LogP contribution >= 0.6 is 0 Å². The molecular weight excluding hydrogens is 336 g/mol. The molecule has 5 heteroatoms. The molecule has 4 heterocycles. The summed E-state index contributed by atoms with van der Waals surface area (Å²) >= 11 is 0. The number of benzene rings is 1. The number of pyridine rings is 2. The molecule has 5 aromatic rings. The van der Waals surface area contributed by atoms with Crippen molar-refractivity contribution < 1.29 is 0 Å². The van der Waals surface area contributed by atoms with Gasteiger partial charge in [-0.1, -0.05) is 30.3 Å². The molecule has 0 spiro atoms. The lowest BCUT2D eigenvalue weighted by molar-refractivity contribution is 0.747. The van der Waals surface area contributed by atoms with Gasteiger partial charge in [-0.15, -0.1) is 0 Å². The average Bonchev–Trinajstić information content (AvgIpc) is 3.19. The van der Waals surface area contributed by atoms with Gasteiger partial charge in [0.2, 0.25) is 0 Å². The third-order valence-corrected chi connectivity index (χ3v) is 4.76. The highest BCUT2D eigenvalue weighted by atomic mass is 16.1. The zero-order valence-electron chi connectivity index (χ0n) is 14.5. The Labute approximate surface area is 155 Å². The Morgan fingerprint density at radius 1 is 0.852 bits per heavy atom. The summed E-state index contributed by atoms with van der Waals surface area (Å²) in [6, 6.07) is 20.1. The highest BCUT2D eigenvalue weighted by molar-refractivity contribution is 5.72. The second kappa shape index (κ2) is 6.21. The minimum atomic E-state index is -0.0739. The highest BCUT2D eigenvalue weighted by Crippen LogP contribution is 2.21. The quantitative estimate of drug-likeness (QED) is 0.497. The smallest absolute Gasteiger partial charge is 0.263 e. The van der Waals surface area contributed by atoms with E-state index in [0.717, 1.165) is 16.7 Å². The van der Waals surface area contributed by atoms with Crippen LogP contribution in [0.4, 0.5) is 0 Å². The van der Waals surface area contributed by atoms with Crippen LogP contribution in [-0.4, -0.2) is 18.9 Å². The van der Waals surface area contributed by atoms with Crippen molar-refractivity contribution in [2.24, 2.45) is 0 Å². The van der Waals surface area contributed by atoms with Gasteiger partial charge in [0.15, 0.2) is 5.65 Å². The molecule has 0 aliphatic heterocycles. The molecule has 5 nitrogen and oxygen atoms in total. The zero-order valence-corrected chi connectivity index (χ0v) is 14.5. The van der Waals surface area contributed by atoms with Crippen LogP contribution in [0.3, 0.4) is 0 Å². The highest BCUT2D eigenvalue weighted by Gasteiger charge is 2.06. The lowest BCUT2D eigenvalue weighted by Gasteiger charge is -2.08. The van der Waals surface area contributed by atoms with Crippen LogP contribution < -0.4 is 5.56 Å². The van der Waals surface area contributed by atoms with Crippen LogP contribution in [0.1, 0.15) is 5.56 Å². The Hall–Kier alpha value is -3.73. The molecule has 0 aliphatic carbocycles. The number of hydrogen-bond donors (Lipinski definition) is 0. The van der Waals surface area contributed by atoms with E-state index in [0.29, 0.717) is 17.6 Å². The summed E-state index contributed by atoms with van der Waals surface area (Å²) in [6.45, 7) is 0.480. The molecule has 0 radical (unpaired) electrons. The van der Waals surface area contributed by atoms with Gasteiger partial charge in [0.25, 0.3) is 5.56 Å². The normalized spacial score (nSPS) is 11.3. The minimum Gasteiger partial charge on any atom is -0.323 e. The molecule has 0 fully saturated rings. The van der Waals surface area contributed by atoms with Gasteiger partial charge in [0.1, 0.15) is 6.33 Å². The van der Waals surface area contributed by atoms with Gasteiger partial charge in [-0.25, -0.2) is 9.97 Å². The van der Waals surface area contributed by atoms with Crippen LogP contribution in [0.5, 0.6) is 0 Å². The fraction of sp³-hybridized carbons (Fsp3) is 0.0455.